The van der Waals surface area contributed by atoms with Crippen molar-refractivity contribution in [1.82, 2.24) is 22.0 Å². The van der Waals surface area contributed by atoms with Crippen molar-refractivity contribution < 1.29 is 0 Å². The van der Waals surface area contributed by atoms with Crippen molar-refractivity contribution in [3.8, 4) is 0 Å². The summed E-state index contributed by atoms with van der Waals surface area (Å²) in [5.74, 6) is 4.81. The second-order valence-corrected chi connectivity index (χ2v) is 0.925. The molecule has 0 aromatic rings. The normalized spacial score (nSPS) is 9.43. The maximum absolute atomic E-state index is 4.81. The second-order valence-electron chi connectivity index (χ2n) is 0.925. The zero-order chi connectivity index (χ0) is 5.54. The molecule has 0 aliphatic rings. The minimum Gasteiger partial charge on any atom is -0.257 e. The van der Waals surface area contributed by atoms with Gasteiger partial charge in [0, 0.05) is 6.54 Å². The van der Waals surface area contributed by atoms with Gasteiger partial charge >= 0.3 is 0 Å². The zero-order valence-electron chi connectivity index (χ0n) is 4.28. The Bertz CT molecular complexity index is 25.3. The van der Waals surface area contributed by atoms with Gasteiger partial charge in [-0.05, 0) is 0 Å². The quantitative estimate of drug-likeness (QED) is 0.162. The van der Waals surface area contributed by atoms with Gasteiger partial charge in [0.15, 0.2) is 0 Å². The van der Waals surface area contributed by atoms with Crippen LogP contribution in [0.25, 0.3) is 0 Å². The van der Waals surface area contributed by atoms with Crippen LogP contribution < -0.4 is 27.9 Å². The standard InChI is InChI=1S/C2H11N5/c1-2-4-6-7-5-3/h4-7H,2-3H2,1H3. The fourth-order valence-electron chi connectivity index (χ4n) is 0.169. The largest absolute Gasteiger partial charge is 0.257 e. The molecule has 44 valence electrons. The smallest absolute Gasteiger partial charge is 0.00850 e. The topological polar surface area (TPSA) is 74.1 Å². The summed E-state index contributed by atoms with van der Waals surface area (Å²) in [6.45, 7) is 2.81. The van der Waals surface area contributed by atoms with Crippen LogP contribution in [-0.4, -0.2) is 6.54 Å². The summed E-state index contributed by atoms with van der Waals surface area (Å²) in [5, 5.41) is 0. The molecule has 0 bridgehead atoms. The van der Waals surface area contributed by atoms with Crippen LogP contribution in [0.4, 0.5) is 0 Å². The Kier molecular flexibility index (Phi) is 5.63. The van der Waals surface area contributed by atoms with Gasteiger partial charge in [-0.15, -0.1) is 0 Å². The monoisotopic (exact) mass is 105 g/mol. The molecule has 0 fully saturated rings. The fraction of sp³-hybridized carbons (Fsp3) is 1.00. The predicted molar refractivity (Wildman–Crippen MR) is 27.3 cm³/mol. The van der Waals surface area contributed by atoms with E-state index in [2.05, 4.69) is 22.0 Å². The number of nitrogens with one attached hydrogen (secondary N) is 4. The molecular formula is C2H11N5. The fourth-order valence-corrected chi connectivity index (χ4v) is 0.169. The van der Waals surface area contributed by atoms with E-state index in [1.165, 1.54) is 0 Å². The number of hydrogen-bond donors (Lipinski definition) is 5. The third kappa shape index (κ3) is 5.80. The first-order valence-electron chi connectivity index (χ1n) is 2.10. The molecule has 0 heterocycles. The molecule has 5 nitrogen and oxygen atoms in total. The first kappa shape index (κ1) is 6.80. The Labute approximate surface area is 42.5 Å². The van der Waals surface area contributed by atoms with Crippen molar-refractivity contribution in [2.45, 2.75) is 6.92 Å². The van der Waals surface area contributed by atoms with Crippen LogP contribution in [0.3, 0.4) is 0 Å². The van der Waals surface area contributed by atoms with Crippen molar-refractivity contribution in [3.05, 3.63) is 0 Å². The first-order chi connectivity index (χ1) is 3.41. The highest BCUT2D eigenvalue weighted by Gasteiger charge is 1.69. The van der Waals surface area contributed by atoms with Crippen LogP contribution in [-0.2, 0) is 0 Å². The number of rotatable bonds is 4. The van der Waals surface area contributed by atoms with E-state index in [1.807, 2.05) is 6.92 Å². The van der Waals surface area contributed by atoms with E-state index in [9.17, 15) is 0 Å². The van der Waals surface area contributed by atoms with Crippen molar-refractivity contribution in [2.75, 3.05) is 6.54 Å². The van der Waals surface area contributed by atoms with Gasteiger partial charge in [0.25, 0.3) is 0 Å². The summed E-state index contributed by atoms with van der Waals surface area (Å²) in [6.07, 6.45) is 0. The van der Waals surface area contributed by atoms with Crippen LogP contribution in [0.1, 0.15) is 6.92 Å². The molecule has 0 aliphatic heterocycles. The lowest BCUT2D eigenvalue weighted by molar-refractivity contribution is 0.382. The third-order valence-electron chi connectivity index (χ3n) is 0.400. The highest BCUT2D eigenvalue weighted by molar-refractivity contribution is 4.18. The minimum absolute atomic E-state index is 0.842. The van der Waals surface area contributed by atoms with E-state index in [0.717, 1.165) is 6.54 Å². The van der Waals surface area contributed by atoms with Gasteiger partial charge in [0.2, 0.25) is 0 Å². The molecule has 0 aromatic heterocycles. The van der Waals surface area contributed by atoms with E-state index in [1.54, 1.807) is 0 Å². The summed E-state index contributed by atoms with van der Waals surface area (Å²) >= 11 is 0. The molecule has 0 unspecified atom stereocenters. The first-order valence-corrected chi connectivity index (χ1v) is 2.10. The zero-order valence-corrected chi connectivity index (χ0v) is 4.28. The summed E-state index contributed by atoms with van der Waals surface area (Å²) in [6, 6.07) is 0. The maximum atomic E-state index is 4.81. The van der Waals surface area contributed by atoms with E-state index in [4.69, 9.17) is 5.84 Å². The van der Waals surface area contributed by atoms with Crippen LogP contribution in [0, 0.1) is 0 Å². The van der Waals surface area contributed by atoms with Crippen LogP contribution >= 0.6 is 0 Å². The molecular weight excluding hydrogens is 94.1 g/mol. The van der Waals surface area contributed by atoms with Crippen LogP contribution in [0.2, 0.25) is 0 Å². The molecule has 0 saturated carbocycles. The molecule has 0 aliphatic carbocycles. The second kappa shape index (κ2) is 5.80. The SMILES string of the molecule is CCNNNNN. The molecule has 0 radical (unpaired) electrons. The Balaban J connectivity index is 2.45. The Hall–Kier alpha value is -0.200. The number of hydrazine groups is 4. The maximum Gasteiger partial charge on any atom is 0.00850 e. The average molecular weight is 105 g/mol. The van der Waals surface area contributed by atoms with Gasteiger partial charge in [0.1, 0.15) is 0 Å². The van der Waals surface area contributed by atoms with Crippen molar-refractivity contribution >= 4 is 0 Å². The predicted octanol–water partition coefficient (Wildman–Crippen LogP) is -2.02. The van der Waals surface area contributed by atoms with Gasteiger partial charge < -0.3 is 0 Å². The Morgan fingerprint density at radius 3 is 2.57 bits per heavy atom. The highest BCUT2D eigenvalue weighted by Crippen LogP contribution is 1.36. The molecule has 0 aromatic carbocycles. The lowest BCUT2D eigenvalue weighted by Crippen LogP contribution is -2.53. The van der Waals surface area contributed by atoms with Gasteiger partial charge in [-0.25, -0.2) is 5.43 Å². The van der Waals surface area contributed by atoms with Gasteiger partial charge in [-0.3, -0.25) is 5.84 Å². The molecule has 0 amide bonds. The summed E-state index contributed by atoms with van der Waals surface area (Å²) < 4.78 is 0. The summed E-state index contributed by atoms with van der Waals surface area (Å²) in [7, 11) is 0. The molecule has 0 spiro atoms. The molecule has 7 heavy (non-hydrogen) atoms. The lowest BCUT2D eigenvalue weighted by Gasteiger charge is -2.02. The van der Waals surface area contributed by atoms with Crippen LogP contribution in [0.5, 0.6) is 0 Å². The third-order valence-corrected chi connectivity index (χ3v) is 0.400. The van der Waals surface area contributed by atoms with Gasteiger partial charge in [-0.1, -0.05) is 6.92 Å². The Morgan fingerprint density at radius 1 is 1.43 bits per heavy atom. The number of hydrogen-bond acceptors (Lipinski definition) is 5. The summed E-state index contributed by atoms with van der Waals surface area (Å²) in [4.78, 5) is 0. The van der Waals surface area contributed by atoms with E-state index in [0.29, 0.717) is 0 Å². The molecule has 0 atom stereocenters. The van der Waals surface area contributed by atoms with Crippen molar-refractivity contribution in [2.24, 2.45) is 5.84 Å². The minimum atomic E-state index is 0.842. The highest BCUT2D eigenvalue weighted by atomic mass is 15.8. The lowest BCUT2D eigenvalue weighted by atomic mass is 10.8. The van der Waals surface area contributed by atoms with E-state index in [-0.39, 0.29) is 0 Å². The van der Waals surface area contributed by atoms with E-state index >= 15 is 0 Å². The summed E-state index contributed by atoms with van der Waals surface area (Å²) in [5.41, 5.74) is 9.89. The average Bonchev–Trinajstić information content (AvgIpc) is 1.69. The number of nitrogens with two attached hydrogens (primary N) is 1. The molecule has 6 N–H and O–H groups in total. The van der Waals surface area contributed by atoms with Gasteiger partial charge in [0.05, 0.1) is 0 Å². The van der Waals surface area contributed by atoms with Crippen molar-refractivity contribution in [1.29, 1.82) is 0 Å². The molecule has 0 rings (SSSR count). The molecule has 0 saturated heterocycles. The van der Waals surface area contributed by atoms with Crippen molar-refractivity contribution in [3.63, 3.8) is 0 Å². The van der Waals surface area contributed by atoms with Crippen LogP contribution in [0.15, 0.2) is 0 Å². The Morgan fingerprint density at radius 2 is 2.14 bits per heavy atom. The molecule has 5 heteroatoms. The van der Waals surface area contributed by atoms with Gasteiger partial charge in [-0.2, -0.15) is 16.6 Å². The van der Waals surface area contributed by atoms with E-state index < -0.39 is 0 Å².